The van der Waals surface area contributed by atoms with E-state index in [1.165, 1.54) is 10.9 Å². The number of hydrogen-bond donors (Lipinski definition) is 1. The van der Waals surface area contributed by atoms with E-state index in [2.05, 4.69) is 10.3 Å². The SMILES string of the molecule is O=C(Cn1cnc2ccccc2c1=O)NCCn1ccc2ccc(Cl)cc21. The molecule has 0 atom stereocenters. The molecule has 0 spiro atoms. The van der Waals surface area contributed by atoms with Crippen LogP contribution in [0.4, 0.5) is 0 Å². The van der Waals surface area contributed by atoms with E-state index in [0.717, 1.165) is 10.9 Å². The predicted molar refractivity (Wildman–Crippen MR) is 106 cm³/mol. The number of carbonyl (C=O) groups excluding carboxylic acids is 1. The Morgan fingerprint density at radius 3 is 2.85 bits per heavy atom. The van der Waals surface area contributed by atoms with Gasteiger partial charge in [-0.1, -0.05) is 29.8 Å². The molecule has 0 aliphatic heterocycles. The van der Waals surface area contributed by atoms with E-state index in [-0.39, 0.29) is 18.0 Å². The summed E-state index contributed by atoms with van der Waals surface area (Å²) < 4.78 is 3.35. The highest BCUT2D eigenvalue weighted by atomic mass is 35.5. The summed E-state index contributed by atoms with van der Waals surface area (Å²) in [5.41, 5.74) is 1.42. The molecule has 2 aromatic carbocycles. The van der Waals surface area contributed by atoms with Gasteiger partial charge in [-0.25, -0.2) is 4.98 Å². The van der Waals surface area contributed by atoms with Crippen molar-refractivity contribution < 1.29 is 4.79 Å². The second kappa shape index (κ2) is 7.25. The normalized spacial score (nSPS) is 11.1. The molecule has 2 aromatic heterocycles. The average molecular weight is 381 g/mol. The van der Waals surface area contributed by atoms with E-state index in [0.29, 0.717) is 29.0 Å². The zero-order valence-electron chi connectivity index (χ0n) is 14.4. The Kier molecular flexibility index (Phi) is 4.64. The number of para-hydroxylation sites is 1. The molecule has 0 saturated heterocycles. The first kappa shape index (κ1) is 17.3. The lowest BCUT2D eigenvalue weighted by Crippen LogP contribution is -2.34. The fourth-order valence-corrected chi connectivity index (χ4v) is 3.26. The quantitative estimate of drug-likeness (QED) is 0.579. The zero-order valence-corrected chi connectivity index (χ0v) is 15.2. The first-order valence-electron chi connectivity index (χ1n) is 8.57. The lowest BCUT2D eigenvalue weighted by molar-refractivity contribution is -0.121. The molecule has 2 heterocycles. The first-order valence-corrected chi connectivity index (χ1v) is 8.95. The summed E-state index contributed by atoms with van der Waals surface area (Å²) in [7, 11) is 0. The van der Waals surface area contributed by atoms with Gasteiger partial charge < -0.3 is 9.88 Å². The van der Waals surface area contributed by atoms with Crippen molar-refractivity contribution in [1.29, 1.82) is 0 Å². The Morgan fingerprint density at radius 2 is 1.96 bits per heavy atom. The number of nitrogens with one attached hydrogen (secondary N) is 1. The Labute approximate surface area is 160 Å². The number of rotatable bonds is 5. The number of amides is 1. The van der Waals surface area contributed by atoms with Crippen LogP contribution in [0.15, 0.2) is 65.8 Å². The highest BCUT2D eigenvalue weighted by Gasteiger charge is 2.08. The molecule has 0 fully saturated rings. The van der Waals surface area contributed by atoms with Crippen molar-refractivity contribution in [2.45, 2.75) is 13.1 Å². The zero-order chi connectivity index (χ0) is 18.8. The summed E-state index contributed by atoms with van der Waals surface area (Å²) in [5, 5.41) is 5.12. The number of benzene rings is 2. The molecule has 0 bridgehead atoms. The molecule has 27 heavy (non-hydrogen) atoms. The largest absolute Gasteiger partial charge is 0.353 e. The summed E-state index contributed by atoms with van der Waals surface area (Å²) in [6.45, 7) is 1.00. The third kappa shape index (κ3) is 3.57. The van der Waals surface area contributed by atoms with E-state index >= 15 is 0 Å². The van der Waals surface area contributed by atoms with E-state index in [4.69, 9.17) is 11.6 Å². The van der Waals surface area contributed by atoms with Crippen molar-refractivity contribution in [3.05, 3.63) is 76.4 Å². The van der Waals surface area contributed by atoms with E-state index in [9.17, 15) is 9.59 Å². The number of fused-ring (bicyclic) bond motifs is 2. The molecule has 4 aromatic rings. The van der Waals surface area contributed by atoms with Gasteiger partial charge in [-0.3, -0.25) is 14.2 Å². The van der Waals surface area contributed by atoms with Crippen LogP contribution in [0.2, 0.25) is 5.02 Å². The summed E-state index contributed by atoms with van der Waals surface area (Å²) in [5.74, 6) is -0.233. The molecule has 4 rings (SSSR count). The van der Waals surface area contributed by atoms with Gasteiger partial charge in [-0.2, -0.15) is 0 Å². The van der Waals surface area contributed by atoms with Gasteiger partial charge in [0.1, 0.15) is 6.54 Å². The van der Waals surface area contributed by atoms with Gasteiger partial charge in [-0.15, -0.1) is 0 Å². The van der Waals surface area contributed by atoms with E-state index in [1.54, 1.807) is 18.2 Å². The fourth-order valence-electron chi connectivity index (χ4n) is 3.10. The van der Waals surface area contributed by atoms with Crippen molar-refractivity contribution in [1.82, 2.24) is 19.4 Å². The molecule has 0 aliphatic carbocycles. The lowest BCUT2D eigenvalue weighted by atomic mass is 10.2. The molecule has 6 nitrogen and oxygen atoms in total. The van der Waals surface area contributed by atoms with Gasteiger partial charge in [0, 0.05) is 29.8 Å². The average Bonchev–Trinajstić information content (AvgIpc) is 3.06. The third-order valence-electron chi connectivity index (χ3n) is 4.46. The maximum Gasteiger partial charge on any atom is 0.261 e. The predicted octanol–water partition coefficient (Wildman–Crippen LogP) is 2.82. The van der Waals surface area contributed by atoms with Crippen molar-refractivity contribution in [2.24, 2.45) is 0 Å². The van der Waals surface area contributed by atoms with E-state index in [1.807, 2.05) is 41.1 Å². The Hall–Kier alpha value is -3.12. The maximum absolute atomic E-state index is 12.4. The minimum atomic E-state index is -0.233. The number of carbonyl (C=O) groups is 1. The van der Waals surface area contributed by atoms with Crippen LogP contribution in [0.25, 0.3) is 21.8 Å². The molecule has 0 unspecified atom stereocenters. The molecule has 7 heteroatoms. The van der Waals surface area contributed by atoms with Crippen molar-refractivity contribution in [3.8, 4) is 0 Å². The first-order chi connectivity index (χ1) is 13.1. The second-order valence-electron chi connectivity index (χ2n) is 6.26. The minimum absolute atomic E-state index is 0.0606. The summed E-state index contributed by atoms with van der Waals surface area (Å²) in [4.78, 5) is 28.9. The highest BCUT2D eigenvalue weighted by molar-refractivity contribution is 6.31. The molecule has 0 aliphatic rings. The van der Waals surface area contributed by atoms with Crippen LogP contribution >= 0.6 is 11.6 Å². The van der Waals surface area contributed by atoms with Crippen molar-refractivity contribution in [2.75, 3.05) is 6.54 Å². The molecule has 0 saturated carbocycles. The standard InChI is InChI=1S/C20H17ClN4O2/c21-15-6-5-14-7-9-24(18(14)11-15)10-8-22-19(26)12-25-13-23-17-4-2-1-3-16(17)20(25)27/h1-7,9,11,13H,8,10,12H2,(H,22,26). The summed E-state index contributed by atoms with van der Waals surface area (Å²) >= 11 is 6.06. The van der Waals surface area contributed by atoms with Crippen LogP contribution in [0.3, 0.4) is 0 Å². The van der Waals surface area contributed by atoms with Gasteiger partial charge >= 0.3 is 0 Å². The minimum Gasteiger partial charge on any atom is -0.353 e. The molecule has 1 N–H and O–H groups in total. The fraction of sp³-hybridized carbons (Fsp3) is 0.150. The van der Waals surface area contributed by atoms with Gasteiger partial charge in [0.15, 0.2) is 0 Å². The number of nitrogens with zero attached hydrogens (tertiary/aromatic N) is 3. The second-order valence-corrected chi connectivity index (χ2v) is 6.69. The van der Waals surface area contributed by atoms with Crippen LogP contribution in [-0.4, -0.2) is 26.6 Å². The monoisotopic (exact) mass is 380 g/mol. The van der Waals surface area contributed by atoms with Crippen LogP contribution in [0, 0.1) is 0 Å². The Balaban J connectivity index is 1.40. The third-order valence-corrected chi connectivity index (χ3v) is 4.69. The van der Waals surface area contributed by atoms with Gasteiger partial charge in [0.2, 0.25) is 5.91 Å². The van der Waals surface area contributed by atoms with Crippen LogP contribution < -0.4 is 10.9 Å². The number of aromatic nitrogens is 3. The number of hydrogen-bond acceptors (Lipinski definition) is 3. The Morgan fingerprint density at radius 1 is 1.11 bits per heavy atom. The van der Waals surface area contributed by atoms with Crippen LogP contribution in [0.5, 0.6) is 0 Å². The van der Waals surface area contributed by atoms with Gasteiger partial charge in [-0.05, 0) is 35.7 Å². The van der Waals surface area contributed by atoms with Crippen molar-refractivity contribution >= 4 is 39.3 Å². The van der Waals surface area contributed by atoms with Crippen molar-refractivity contribution in [3.63, 3.8) is 0 Å². The van der Waals surface area contributed by atoms with E-state index < -0.39 is 0 Å². The van der Waals surface area contributed by atoms with Crippen LogP contribution in [-0.2, 0) is 17.9 Å². The summed E-state index contributed by atoms with van der Waals surface area (Å²) in [6.07, 6.45) is 3.37. The molecular weight excluding hydrogens is 364 g/mol. The van der Waals surface area contributed by atoms with Crippen LogP contribution in [0.1, 0.15) is 0 Å². The highest BCUT2D eigenvalue weighted by Crippen LogP contribution is 2.20. The molecule has 0 radical (unpaired) electrons. The number of halogens is 1. The topological polar surface area (TPSA) is 68.9 Å². The smallest absolute Gasteiger partial charge is 0.261 e. The molecule has 1 amide bonds. The molecule has 136 valence electrons. The van der Waals surface area contributed by atoms with Gasteiger partial charge in [0.25, 0.3) is 5.56 Å². The van der Waals surface area contributed by atoms with Gasteiger partial charge in [0.05, 0.1) is 17.2 Å². The summed E-state index contributed by atoms with van der Waals surface area (Å²) in [6, 6.07) is 14.8. The maximum atomic E-state index is 12.4. The lowest BCUT2D eigenvalue weighted by Gasteiger charge is -2.09. The Bertz CT molecular complexity index is 1200. The molecular formula is C20H17ClN4O2.